The molecule has 0 spiro atoms. The van der Waals surface area contributed by atoms with E-state index in [2.05, 4.69) is 4.98 Å². The Balaban J connectivity index is 2.76. The van der Waals surface area contributed by atoms with Gasteiger partial charge < -0.3 is 0 Å². The fourth-order valence-electron chi connectivity index (χ4n) is 0.354. The molecule has 0 fully saturated rings. The summed E-state index contributed by atoms with van der Waals surface area (Å²) >= 11 is 1.59. The van der Waals surface area contributed by atoms with E-state index < -0.39 is 0 Å². The van der Waals surface area contributed by atoms with Gasteiger partial charge in [0.05, 0.1) is 5.01 Å². The van der Waals surface area contributed by atoms with Crippen molar-refractivity contribution < 1.29 is 0 Å². The first-order chi connectivity index (χ1) is 3.43. The third-order valence-electron chi connectivity index (χ3n) is 0.658. The van der Waals surface area contributed by atoms with Gasteiger partial charge in [-0.25, -0.2) is 4.98 Å². The first-order valence-corrected chi connectivity index (χ1v) is 2.90. The lowest BCUT2D eigenvalue weighted by Crippen LogP contribution is -1.71. The second-order valence-electron chi connectivity index (χ2n) is 1.13. The number of aromatic nitrogens is 1. The average molecular weight is 111 g/mol. The normalized spacial score (nSPS) is 9.29. The van der Waals surface area contributed by atoms with Gasteiger partial charge in [0, 0.05) is 18.0 Å². The smallest absolute Gasteiger partial charge is 0.0927 e. The van der Waals surface area contributed by atoms with Crippen molar-refractivity contribution in [1.82, 2.24) is 4.98 Å². The Labute approximate surface area is 47.0 Å². The zero-order valence-corrected chi connectivity index (χ0v) is 4.61. The van der Waals surface area contributed by atoms with E-state index >= 15 is 0 Å². The number of nitrogens with zero attached hydrogens (tertiary/aromatic N) is 1. The van der Waals surface area contributed by atoms with Crippen LogP contribution in [-0.2, 0) is 6.42 Å². The Hall–Kier alpha value is -0.370. The molecule has 0 N–H and O–H groups in total. The summed E-state index contributed by atoms with van der Waals surface area (Å²) in [5.74, 6) is 0. The monoisotopic (exact) mass is 111 g/mol. The van der Waals surface area contributed by atoms with Gasteiger partial charge in [0.25, 0.3) is 0 Å². The Morgan fingerprint density at radius 3 is 3.00 bits per heavy atom. The van der Waals surface area contributed by atoms with Crippen molar-refractivity contribution in [3.8, 4) is 0 Å². The molecule has 7 heavy (non-hydrogen) atoms. The molecule has 2 heteroatoms. The van der Waals surface area contributed by atoms with Crippen LogP contribution in [0.15, 0.2) is 11.6 Å². The molecule has 1 heterocycles. The molecule has 36 valence electrons. The summed E-state index contributed by atoms with van der Waals surface area (Å²) in [4.78, 5) is 3.93. The fourth-order valence-corrected chi connectivity index (χ4v) is 0.851. The lowest BCUT2D eigenvalue weighted by atomic mass is 10.5. The SMILES string of the molecule is [CH]Cc1nccs1. The van der Waals surface area contributed by atoms with E-state index in [1.54, 1.807) is 17.5 Å². The van der Waals surface area contributed by atoms with Gasteiger partial charge in [-0.2, -0.15) is 0 Å². The molecule has 0 aliphatic rings. The highest BCUT2D eigenvalue weighted by Crippen LogP contribution is 2.02. The first kappa shape index (κ1) is 4.78. The standard InChI is InChI=1S/C5H5NS/c1-2-5-6-3-4-7-5/h1,3-4H,2H2. The Kier molecular flexibility index (Phi) is 1.42. The topological polar surface area (TPSA) is 12.9 Å². The summed E-state index contributed by atoms with van der Waals surface area (Å²) in [6.45, 7) is 5.24. The van der Waals surface area contributed by atoms with Crippen LogP contribution in [0.5, 0.6) is 0 Å². The number of thiazole rings is 1. The van der Waals surface area contributed by atoms with E-state index in [9.17, 15) is 0 Å². The molecule has 0 saturated carbocycles. The van der Waals surface area contributed by atoms with Crippen LogP contribution in [-0.4, -0.2) is 4.98 Å². The molecular weight excluding hydrogens is 106 g/mol. The molecule has 0 aliphatic carbocycles. The Morgan fingerprint density at radius 1 is 1.86 bits per heavy atom. The van der Waals surface area contributed by atoms with Crippen molar-refractivity contribution in [2.45, 2.75) is 6.42 Å². The van der Waals surface area contributed by atoms with Gasteiger partial charge in [-0.1, -0.05) is 0 Å². The van der Waals surface area contributed by atoms with Crippen LogP contribution < -0.4 is 0 Å². The summed E-state index contributed by atoms with van der Waals surface area (Å²) in [7, 11) is 0. The molecule has 0 saturated heterocycles. The molecule has 0 aliphatic heterocycles. The first-order valence-electron chi connectivity index (χ1n) is 2.02. The molecule has 0 atom stereocenters. The van der Waals surface area contributed by atoms with E-state index in [0.29, 0.717) is 6.42 Å². The van der Waals surface area contributed by atoms with Gasteiger partial charge in [0.2, 0.25) is 0 Å². The highest BCUT2D eigenvalue weighted by molar-refractivity contribution is 7.09. The predicted molar refractivity (Wildman–Crippen MR) is 30.1 cm³/mol. The van der Waals surface area contributed by atoms with E-state index in [-0.39, 0.29) is 0 Å². The molecule has 0 aromatic carbocycles. The molecule has 0 amide bonds. The maximum Gasteiger partial charge on any atom is 0.0927 e. The van der Waals surface area contributed by atoms with Gasteiger partial charge in [-0.3, -0.25) is 0 Å². The van der Waals surface area contributed by atoms with Crippen molar-refractivity contribution in [3.63, 3.8) is 0 Å². The Morgan fingerprint density at radius 2 is 2.71 bits per heavy atom. The maximum absolute atomic E-state index is 5.24. The minimum absolute atomic E-state index is 0.567. The molecule has 1 aromatic heterocycles. The number of hydrogen-bond donors (Lipinski definition) is 0. The van der Waals surface area contributed by atoms with Gasteiger partial charge in [-0.15, -0.1) is 11.3 Å². The van der Waals surface area contributed by atoms with Gasteiger partial charge >= 0.3 is 0 Å². The van der Waals surface area contributed by atoms with Crippen molar-refractivity contribution in [1.29, 1.82) is 0 Å². The molecule has 1 aromatic rings. The summed E-state index contributed by atoms with van der Waals surface area (Å²) in [6.07, 6.45) is 2.32. The second kappa shape index (κ2) is 2.07. The number of hydrogen-bond acceptors (Lipinski definition) is 2. The van der Waals surface area contributed by atoms with Crippen LogP contribution >= 0.6 is 11.3 Å². The summed E-state index contributed by atoms with van der Waals surface area (Å²) < 4.78 is 0. The minimum Gasteiger partial charge on any atom is -0.250 e. The van der Waals surface area contributed by atoms with Crippen LogP contribution in [0, 0.1) is 6.92 Å². The third-order valence-corrected chi connectivity index (χ3v) is 1.46. The fraction of sp³-hybridized carbons (Fsp3) is 0.200. The van der Waals surface area contributed by atoms with Crippen molar-refractivity contribution >= 4 is 11.3 Å². The van der Waals surface area contributed by atoms with Crippen LogP contribution in [0.2, 0.25) is 0 Å². The van der Waals surface area contributed by atoms with E-state index in [1.165, 1.54) is 0 Å². The molecule has 1 nitrogen and oxygen atoms in total. The third kappa shape index (κ3) is 0.996. The van der Waals surface area contributed by atoms with Gasteiger partial charge in [0.15, 0.2) is 0 Å². The van der Waals surface area contributed by atoms with Crippen LogP contribution in [0.1, 0.15) is 5.01 Å². The molecular formula is C5H5NS. The van der Waals surface area contributed by atoms with E-state index in [4.69, 9.17) is 6.92 Å². The molecule has 0 bridgehead atoms. The molecule has 1 rings (SSSR count). The predicted octanol–water partition coefficient (Wildman–Crippen LogP) is 1.40. The van der Waals surface area contributed by atoms with E-state index in [1.807, 2.05) is 5.38 Å². The van der Waals surface area contributed by atoms with Crippen LogP contribution in [0.25, 0.3) is 0 Å². The summed E-state index contributed by atoms with van der Waals surface area (Å²) in [5, 5.41) is 2.92. The summed E-state index contributed by atoms with van der Waals surface area (Å²) in [6, 6.07) is 0. The highest BCUT2D eigenvalue weighted by Gasteiger charge is 1.84. The van der Waals surface area contributed by atoms with Gasteiger partial charge in [0.1, 0.15) is 0 Å². The molecule has 0 unspecified atom stereocenters. The lowest BCUT2D eigenvalue weighted by molar-refractivity contribution is 1.19. The quantitative estimate of drug-likeness (QED) is 0.533. The lowest BCUT2D eigenvalue weighted by Gasteiger charge is -1.76. The van der Waals surface area contributed by atoms with E-state index in [0.717, 1.165) is 5.01 Å². The van der Waals surface area contributed by atoms with Crippen molar-refractivity contribution in [3.05, 3.63) is 23.5 Å². The Bertz CT molecular complexity index is 123. The maximum atomic E-state index is 5.24. The summed E-state index contributed by atoms with van der Waals surface area (Å²) in [5.41, 5.74) is 0. The minimum atomic E-state index is 0.567. The highest BCUT2D eigenvalue weighted by atomic mass is 32.1. The number of rotatable bonds is 1. The average Bonchev–Trinajstić information content (AvgIpc) is 2.14. The second-order valence-corrected chi connectivity index (χ2v) is 2.11. The molecule has 2 radical (unpaired) electrons. The van der Waals surface area contributed by atoms with Crippen LogP contribution in [0.3, 0.4) is 0 Å². The van der Waals surface area contributed by atoms with Crippen LogP contribution in [0.4, 0.5) is 0 Å². The van der Waals surface area contributed by atoms with Crippen molar-refractivity contribution in [2.24, 2.45) is 0 Å². The van der Waals surface area contributed by atoms with Crippen molar-refractivity contribution in [2.75, 3.05) is 0 Å². The van der Waals surface area contributed by atoms with Gasteiger partial charge in [-0.05, 0) is 6.92 Å². The largest absolute Gasteiger partial charge is 0.250 e. The zero-order chi connectivity index (χ0) is 5.11. The zero-order valence-electron chi connectivity index (χ0n) is 3.79.